The van der Waals surface area contributed by atoms with E-state index < -0.39 is 23.6 Å². The van der Waals surface area contributed by atoms with Gasteiger partial charge in [0.1, 0.15) is 10.9 Å². The van der Waals surface area contributed by atoms with Gasteiger partial charge in [0.25, 0.3) is 11.8 Å². The smallest absolute Gasteiger partial charge is 0.287 e. The lowest BCUT2D eigenvalue weighted by atomic mass is 10.0. The van der Waals surface area contributed by atoms with Gasteiger partial charge in [0, 0.05) is 35.3 Å². The Morgan fingerprint density at radius 3 is 2.70 bits per heavy atom. The Balaban J connectivity index is 1.62. The van der Waals surface area contributed by atoms with Crippen LogP contribution in [-0.4, -0.2) is 38.0 Å². The van der Waals surface area contributed by atoms with Crippen LogP contribution in [-0.2, 0) is 16.0 Å². The number of benzene rings is 1. The molecular formula is C21H17N5O3S. The molecule has 0 radical (unpaired) electrons. The molecule has 0 saturated carbocycles. The zero-order valence-electron chi connectivity index (χ0n) is 15.7. The molecule has 3 aromatic heterocycles. The summed E-state index contributed by atoms with van der Waals surface area (Å²) in [5, 5.41) is 3.56. The number of para-hydroxylation sites is 1. The third-order valence-corrected chi connectivity index (χ3v) is 5.48. The Kier molecular flexibility index (Phi) is 5.36. The number of H-pyrrole nitrogens is 1. The maximum absolute atomic E-state index is 12.9. The molecule has 4 aromatic rings. The van der Waals surface area contributed by atoms with Gasteiger partial charge in [-0.1, -0.05) is 24.3 Å². The molecule has 0 bridgehead atoms. The first-order chi connectivity index (χ1) is 14.5. The molecule has 2 amide bonds. The molecule has 0 aliphatic carbocycles. The zero-order chi connectivity index (χ0) is 21.1. The van der Waals surface area contributed by atoms with Gasteiger partial charge in [-0.2, -0.15) is 4.37 Å². The molecule has 30 heavy (non-hydrogen) atoms. The Morgan fingerprint density at radius 1 is 1.13 bits per heavy atom. The van der Waals surface area contributed by atoms with Crippen LogP contribution in [0.25, 0.3) is 22.2 Å². The second-order valence-corrected chi connectivity index (χ2v) is 7.40. The average molecular weight is 419 g/mol. The van der Waals surface area contributed by atoms with Crippen LogP contribution in [0.2, 0.25) is 0 Å². The number of nitrogens with zero attached hydrogens (tertiary/aromatic N) is 2. The summed E-state index contributed by atoms with van der Waals surface area (Å²) in [6, 6.07) is 11.8. The second kappa shape index (κ2) is 8.26. The lowest BCUT2D eigenvalue weighted by Crippen LogP contribution is -2.47. The molecule has 1 unspecified atom stereocenters. The Labute approximate surface area is 175 Å². The van der Waals surface area contributed by atoms with Gasteiger partial charge in [0.2, 0.25) is 5.78 Å². The molecule has 0 fully saturated rings. The number of fused-ring (bicyclic) bond motifs is 1. The fraction of sp³-hybridized carbons (Fsp3) is 0.0952. The maximum Gasteiger partial charge on any atom is 0.287 e. The van der Waals surface area contributed by atoms with Crippen molar-refractivity contribution in [3.8, 4) is 11.3 Å². The topological polar surface area (TPSA) is 131 Å². The number of primary amides is 1. The first-order valence-electron chi connectivity index (χ1n) is 9.10. The summed E-state index contributed by atoms with van der Waals surface area (Å²) < 4.78 is 4.08. The van der Waals surface area contributed by atoms with Crippen LogP contribution in [0.3, 0.4) is 0 Å². The highest BCUT2D eigenvalue weighted by Crippen LogP contribution is 2.25. The molecule has 8 nitrogen and oxygen atoms in total. The van der Waals surface area contributed by atoms with Gasteiger partial charge < -0.3 is 16.0 Å². The van der Waals surface area contributed by atoms with Gasteiger partial charge in [0.15, 0.2) is 0 Å². The van der Waals surface area contributed by atoms with Gasteiger partial charge in [0.05, 0.1) is 11.9 Å². The summed E-state index contributed by atoms with van der Waals surface area (Å²) in [5.41, 5.74) is 8.05. The molecule has 0 saturated heterocycles. The highest BCUT2D eigenvalue weighted by Gasteiger charge is 2.28. The van der Waals surface area contributed by atoms with Crippen LogP contribution in [0, 0.1) is 0 Å². The SMILES string of the molecule is NC(=O)C(=O)C(Cc1c[nH]c2ccccc12)NC(=O)c1sncc1-c1ccccn1. The number of carbonyl (C=O) groups is 3. The van der Waals surface area contributed by atoms with E-state index in [9.17, 15) is 14.4 Å². The van der Waals surface area contributed by atoms with E-state index in [2.05, 4.69) is 19.7 Å². The predicted octanol–water partition coefficient (Wildman–Crippen LogP) is 2.08. The number of amides is 2. The molecule has 3 heterocycles. The summed E-state index contributed by atoms with van der Waals surface area (Å²) in [7, 11) is 0. The maximum atomic E-state index is 12.9. The van der Waals surface area contributed by atoms with E-state index in [0.29, 0.717) is 16.1 Å². The molecule has 1 aromatic carbocycles. The van der Waals surface area contributed by atoms with Crippen molar-refractivity contribution < 1.29 is 14.4 Å². The number of Topliss-reactive ketones (excluding diaryl/α,β-unsaturated/α-hetero) is 1. The monoisotopic (exact) mass is 419 g/mol. The number of rotatable bonds is 7. The highest BCUT2D eigenvalue weighted by atomic mass is 32.1. The molecule has 0 aliphatic heterocycles. The van der Waals surface area contributed by atoms with Gasteiger partial charge in [-0.25, -0.2) is 0 Å². The van der Waals surface area contributed by atoms with Crippen molar-refractivity contribution in [2.24, 2.45) is 5.73 Å². The number of ketones is 1. The van der Waals surface area contributed by atoms with E-state index in [0.717, 1.165) is 28.0 Å². The molecule has 0 aliphatic rings. The second-order valence-electron chi connectivity index (χ2n) is 6.60. The number of carbonyl (C=O) groups excluding carboxylic acids is 3. The van der Waals surface area contributed by atoms with Gasteiger partial charge in [-0.05, 0) is 35.3 Å². The minimum absolute atomic E-state index is 0.120. The third-order valence-electron chi connectivity index (χ3n) is 4.68. The van der Waals surface area contributed by atoms with E-state index in [4.69, 9.17) is 5.73 Å². The van der Waals surface area contributed by atoms with Crippen molar-refractivity contribution in [3.63, 3.8) is 0 Å². The van der Waals surface area contributed by atoms with E-state index in [-0.39, 0.29) is 6.42 Å². The highest BCUT2D eigenvalue weighted by molar-refractivity contribution is 7.08. The molecule has 0 spiro atoms. The quantitative estimate of drug-likeness (QED) is 0.395. The summed E-state index contributed by atoms with van der Waals surface area (Å²) in [6.07, 6.45) is 5.04. The van der Waals surface area contributed by atoms with Crippen molar-refractivity contribution in [1.29, 1.82) is 0 Å². The fourth-order valence-corrected chi connectivity index (χ4v) is 3.89. The standard InChI is InChI=1S/C21H17N5O3S/c22-20(28)18(27)17(9-12-10-24-15-6-2-1-5-13(12)15)26-21(29)19-14(11-25-30-19)16-7-3-4-8-23-16/h1-8,10-11,17,24H,9H2,(H2,22,28)(H,26,29). The number of nitrogens with one attached hydrogen (secondary N) is 2. The first kappa shape index (κ1) is 19.5. The Hall–Kier alpha value is -3.85. The van der Waals surface area contributed by atoms with Crippen LogP contribution in [0.15, 0.2) is 61.1 Å². The van der Waals surface area contributed by atoms with Crippen LogP contribution >= 0.6 is 11.5 Å². The summed E-state index contributed by atoms with van der Waals surface area (Å²) >= 11 is 0.989. The van der Waals surface area contributed by atoms with Crippen molar-refractivity contribution in [3.05, 3.63) is 71.5 Å². The van der Waals surface area contributed by atoms with Crippen LogP contribution in [0.1, 0.15) is 15.2 Å². The number of pyridine rings is 1. The Morgan fingerprint density at radius 2 is 1.93 bits per heavy atom. The van der Waals surface area contributed by atoms with E-state index in [1.54, 1.807) is 36.8 Å². The van der Waals surface area contributed by atoms with Crippen molar-refractivity contribution >= 4 is 40.0 Å². The molecular weight excluding hydrogens is 402 g/mol. The minimum atomic E-state index is -1.10. The first-order valence-corrected chi connectivity index (χ1v) is 9.87. The molecule has 4 N–H and O–H groups in total. The van der Waals surface area contributed by atoms with Gasteiger partial charge >= 0.3 is 0 Å². The molecule has 9 heteroatoms. The number of aromatic amines is 1. The van der Waals surface area contributed by atoms with Gasteiger partial charge in [-0.3, -0.25) is 19.4 Å². The number of aromatic nitrogens is 3. The van der Waals surface area contributed by atoms with Crippen LogP contribution < -0.4 is 11.1 Å². The molecule has 1 atom stereocenters. The number of hydrogen-bond acceptors (Lipinski definition) is 6. The lowest BCUT2D eigenvalue weighted by molar-refractivity contribution is -0.137. The number of hydrogen-bond donors (Lipinski definition) is 3. The third kappa shape index (κ3) is 3.83. The van der Waals surface area contributed by atoms with E-state index in [1.807, 2.05) is 24.3 Å². The van der Waals surface area contributed by atoms with Crippen molar-refractivity contribution in [2.45, 2.75) is 12.5 Å². The Bertz CT molecular complexity index is 1230. The fourth-order valence-electron chi connectivity index (χ4n) is 3.23. The van der Waals surface area contributed by atoms with Crippen molar-refractivity contribution in [2.75, 3.05) is 0 Å². The lowest BCUT2D eigenvalue weighted by Gasteiger charge is -2.16. The summed E-state index contributed by atoms with van der Waals surface area (Å²) in [5.74, 6) is -2.48. The largest absolute Gasteiger partial charge is 0.363 e. The zero-order valence-corrected chi connectivity index (χ0v) is 16.5. The van der Waals surface area contributed by atoms with Gasteiger partial charge in [-0.15, -0.1) is 0 Å². The minimum Gasteiger partial charge on any atom is -0.363 e. The normalized spacial score (nSPS) is 11.9. The number of nitrogens with two attached hydrogens (primary N) is 1. The van der Waals surface area contributed by atoms with E-state index >= 15 is 0 Å². The van der Waals surface area contributed by atoms with Crippen LogP contribution in [0.5, 0.6) is 0 Å². The van der Waals surface area contributed by atoms with Crippen LogP contribution in [0.4, 0.5) is 0 Å². The molecule has 150 valence electrons. The predicted molar refractivity (Wildman–Crippen MR) is 113 cm³/mol. The summed E-state index contributed by atoms with van der Waals surface area (Å²) in [6.45, 7) is 0. The summed E-state index contributed by atoms with van der Waals surface area (Å²) in [4.78, 5) is 44.6. The van der Waals surface area contributed by atoms with E-state index in [1.165, 1.54) is 0 Å². The average Bonchev–Trinajstić information content (AvgIpc) is 3.41. The molecule has 4 rings (SSSR count). The van der Waals surface area contributed by atoms with Crippen molar-refractivity contribution in [1.82, 2.24) is 19.7 Å².